The largest absolute Gasteiger partial charge is 0.503 e. The minimum Gasteiger partial charge on any atom is -0.503 e. The molecule has 1 aliphatic heterocycles. The van der Waals surface area contributed by atoms with E-state index in [1.54, 1.807) is 6.20 Å². The third-order valence-electron chi connectivity index (χ3n) is 6.19. The van der Waals surface area contributed by atoms with E-state index in [4.69, 9.17) is 0 Å². The van der Waals surface area contributed by atoms with Crippen molar-refractivity contribution >= 4 is 0 Å². The summed E-state index contributed by atoms with van der Waals surface area (Å²) in [6.45, 7) is 2.86. The van der Waals surface area contributed by atoms with Gasteiger partial charge in [-0.15, -0.1) is 0 Å². The summed E-state index contributed by atoms with van der Waals surface area (Å²) < 4.78 is 4.22. The fourth-order valence-corrected chi connectivity index (χ4v) is 4.80. The van der Waals surface area contributed by atoms with Gasteiger partial charge in [0.2, 0.25) is 5.43 Å². The molecule has 5 nitrogen and oxygen atoms in total. The smallest absolute Gasteiger partial charge is 0.223 e. The molecule has 0 saturated carbocycles. The van der Waals surface area contributed by atoms with Gasteiger partial charge >= 0.3 is 0 Å². The number of aryl methyl sites for hydroxylation is 1. The first-order valence-corrected chi connectivity index (χ1v) is 10.8. The summed E-state index contributed by atoms with van der Waals surface area (Å²) in [5, 5.41) is 10.8. The van der Waals surface area contributed by atoms with Gasteiger partial charge in [-0.3, -0.25) is 4.79 Å². The van der Waals surface area contributed by atoms with E-state index in [9.17, 15) is 9.90 Å². The molecule has 2 aromatic heterocycles. The predicted octanol–water partition coefficient (Wildman–Crippen LogP) is 4.76. The maximum absolute atomic E-state index is 12.3. The molecule has 5 heteroatoms. The first-order valence-electron chi connectivity index (χ1n) is 10.8. The molecule has 1 N–H and O–H groups in total. The minimum absolute atomic E-state index is 0.0244. The van der Waals surface area contributed by atoms with Crippen LogP contribution in [0.3, 0.4) is 0 Å². The summed E-state index contributed by atoms with van der Waals surface area (Å²) >= 11 is 0. The summed E-state index contributed by atoms with van der Waals surface area (Å²) in [6.07, 6.45) is 5.59. The van der Waals surface area contributed by atoms with Crippen LogP contribution in [0.15, 0.2) is 83.9 Å². The fourth-order valence-electron chi connectivity index (χ4n) is 4.80. The van der Waals surface area contributed by atoms with Crippen LogP contribution in [0.2, 0.25) is 0 Å². The topological polar surface area (TPSA) is 60.0 Å². The fraction of sp³-hybridized carbons (Fsp3) is 0.231. The Morgan fingerprint density at radius 3 is 2.29 bits per heavy atom. The van der Waals surface area contributed by atoms with Gasteiger partial charge in [-0.1, -0.05) is 74.0 Å². The molecule has 0 saturated heterocycles. The van der Waals surface area contributed by atoms with Crippen LogP contribution in [0.5, 0.6) is 5.75 Å². The number of hydrogen-bond donors (Lipinski definition) is 1. The van der Waals surface area contributed by atoms with E-state index in [1.165, 1.54) is 17.2 Å². The van der Waals surface area contributed by atoms with Crippen molar-refractivity contribution in [2.75, 3.05) is 0 Å². The highest BCUT2D eigenvalue weighted by Gasteiger charge is 2.35. The van der Waals surface area contributed by atoms with Gasteiger partial charge in [0.1, 0.15) is 5.69 Å². The van der Waals surface area contributed by atoms with Crippen LogP contribution >= 0.6 is 0 Å². The lowest BCUT2D eigenvalue weighted by Crippen LogP contribution is -2.31. The second kappa shape index (κ2) is 7.91. The summed E-state index contributed by atoms with van der Waals surface area (Å²) in [4.78, 5) is 17.0. The van der Waals surface area contributed by atoms with Crippen LogP contribution in [-0.2, 0) is 13.0 Å². The summed E-state index contributed by atoms with van der Waals surface area (Å²) in [7, 11) is 0. The number of nitrogens with zero attached hydrogens (tertiary/aromatic N) is 3. The predicted molar refractivity (Wildman–Crippen MR) is 121 cm³/mol. The van der Waals surface area contributed by atoms with Crippen LogP contribution < -0.4 is 5.43 Å². The molecule has 0 fully saturated rings. The van der Waals surface area contributed by atoms with E-state index in [2.05, 4.69) is 65.0 Å². The van der Waals surface area contributed by atoms with Gasteiger partial charge in [-0.2, -0.15) is 0 Å². The molecule has 31 heavy (non-hydrogen) atoms. The third-order valence-corrected chi connectivity index (χ3v) is 6.19. The molecular weight excluding hydrogens is 386 g/mol. The molecule has 4 aromatic rings. The molecule has 5 rings (SSSR count). The number of aromatic hydroxyl groups is 1. The molecule has 0 amide bonds. The maximum atomic E-state index is 12.3. The van der Waals surface area contributed by atoms with Gasteiger partial charge in [-0.25, -0.2) is 4.98 Å². The highest BCUT2D eigenvalue weighted by molar-refractivity contribution is 5.62. The molecule has 0 bridgehead atoms. The van der Waals surface area contributed by atoms with Gasteiger partial charge in [0.05, 0.1) is 6.04 Å². The van der Waals surface area contributed by atoms with Crippen molar-refractivity contribution in [1.29, 1.82) is 0 Å². The van der Waals surface area contributed by atoms with Crippen molar-refractivity contribution in [3.8, 4) is 17.3 Å². The Morgan fingerprint density at radius 1 is 1.03 bits per heavy atom. The zero-order valence-corrected chi connectivity index (χ0v) is 17.5. The van der Waals surface area contributed by atoms with Crippen LogP contribution in [0.25, 0.3) is 11.5 Å². The van der Waals surface area contributed by atoms with Crippen LogP contribution in [0.1, 0.15) is 42.1 Å². The number of fused-ring (bicyclic) bond motifs is 3. The highest BCUT2D eigenvalue weighted by atomic mass is 16.3. The molecule has 0 radical (unpaired) electrons. The average molecular weight is 412 g/mol. The average Bonchev–Trinajstić information content (AvgIpc) is 3.20. The molecule has 0 unspecified atom stereocenters. The molecule has 1 atom stereocenters. The number of benzene rings is 2. The van der Waals surface area contributed by atoms with Crippen molar-refractivity contribution in [3.05, 3.63) is 106 Å². The Kier molecular flexibility index (Phi) is 4.94. The maximum Gasteiger partial charge on any atom is 0.223 e. The number of aromatic nitrogens is 3. The second-order valence-electron chi connectivity index (χ2n) is 8.08. The van der Waals surface area contributed by atoms with Crippen molar-refractivity contribution in [3.63, 3.8) is 0 Å². The van der Waals surface area contributed by atoms with Crippen molar-refractivity contribution in [2.45, 2.75) is 38.3 Å². The highest BCUT2D eigenvalue weighted by Crippen LogP contribution is 2.43. The van der Waals surface area contributed by atoms with E-state index in [0.717, 1.165) is 18.5 Å². The summed E-state index contributed by atoms with van der Waals surface area (Å²) in [5.41, 5.74) is 3.65. The van der Waals surface area contributed by atoms with Crippen LogP contribution in [-0.4, -0.2) is 19.2 Å². The van der Waals surface area contributed by atoms with Gasteiger partial charge < -0.3 is 14.2 Å². The molecule has 2 aromatic carbocycles. The molecule has 1 aliphatic rings. The number of hydrogen-bond acceptors (Lipinski definition) is 3. The van der Waals surface area contributed by atoms with Crippen LogP contribution in [0, 0.1) is 0 Å². The Hall–Kier alpha value is -3.60. The Labute approximate surface area is 181 Å². The van der Waals surface area contributed by atoms with E-state index >= 15 is 0 Å². The van der Waals surface area contributed by atoms with Crippen molar-refractivity contribution in [2.24, 2.45) is 0 Å². The van der Waals surface area contributed by atoms with E-state index in [-0.39, 0.29) is 23.1 Å². The molecule has 0 aliphatic carbocycles. The number of pyridine rings is 1. The second-order valence-corrected chi connectivity index (χ2v) is 8.08. The van der Waals surface area contributed by atoms with Crippen molar-refractivity contribution in [1.82, 2.24) is 14.1 Å². The minimum atomic E-state index is -0.380. The first kappa shape index (κ1) is 19.4. The zero-order valence-electron chi connectivity index (χ0n) is 17.5. The SMILES string of the molecule is CCCc1cnc2n1C[C@H](C(c1ccccc1)c1ccccc1)n1ccc(=O)c(O)c1-2. The van der Waals surface area contributed by atoms with E-state index in [0.29, 0.717) is 18.1 Å². The molecule has 3 heterocycles. The lowest BCUT2D eigenvalue weighted by atomic mass is 9.83. The lowest BCUT2D eigenvalue weighted by molar-refractivity contribution is 0.359. The third kappa shape index (κ3) is 3.26. The molecular formula is C26H25N3O2. The van der Waals surface area contributed by atoms with Gasteiger partial charge in [0, 0.05) is 36.6 Å². The normalized spacial score (nSPS) is 15.0. The zero-order chi connectivity index (χ0) is 21.4. The molecule has 156 valence electrons. The summed E-state index contributed by atoms with van der Waals surface area (Å²) in [5.74, 6) is 0.477. The standard InChI is InChI=1S/C26H25N3O2/c1-2-9-20-16-27-26-24-25(31)22(30)14-15-28(24)21(17-29(20)26)23(18-10-5-3-6-11-18)19-12-7-4-8-13-19/h3-8,10-16,21,23,31H,2,9,17H2,1H3/t21-/m1/s1. The first-order chi connectivity index (χ1) is 15.2. The lowest BCUT2D eigenvalue weighted by Gasteiger charge is -2.36. The number of imidazole rings is 1. The molecule has 0 spiro atoms. The van der Waals surface area contributed by atoms with Gasteiger partial charge in [0.15, 0.2) is 11.6 Å². The van der Waals surface area contributed by atoms with Crippen LogP contribution in [0.4, 0.5) is 0 Å². The van der Waals surface area contributed by atoms with Gasteiger partial charge in [-0.05, 0) is 17.5 Å². The monoisotopic (exact) mass is 411 g/mol. The Balaban J connectivity index is 1.76. The number of rotatable bonds is 5. The van der Waals surface area contributed by atoms with E-state index < -0.39 is 0 Å². The van der Waals surface area contributed by atoms with E-state index in [1.807, 2.05) is 22.9 Å². The Morgan fingerprint density at radius 2 is 1.68 bits per heavy atom. The Bertz CT molecular complexity index is 1220. The van der Waals surface area contributed by atoms with Gasteiger partial charge in [0.25, 0.3) is 0 Å². The van der Waals surface area contributed by atoms with Crippen molar-refractivity contribution < 1.29 is 5.11 Å². The summed E-state index contributed by atoms with van der Waals surface area (Å²) in [6, 6.07) is 22.3. The quantitative estimate of drug-likeness (QED) is 0.515.